The molecule has 0 saturated heterocycles. The van der Waals surface area contributed by atoms with Crippen LogP contribution >= 0.6 is 0 Å². The number of hydrogen-bond donors (Lipinski definition) is 0. The molecule has 3 atom stereocenters. The lowest BCUT2D eigenvalue weighted by Gasteiger charge is -2.33. The molecule has 0 N–H and O–H groups in total. The fourth-order valence-electron chi connectivity index (χ4n) is 28.9. The summed E-state index contributed by atoms with van der Waals surface area (Å²) in [5.41, 5.74) is 38.0. The van der Waals surface area contributed by atoms with E-state index >= 15 is 0 Å². The van der Waals surface area contributed by atoms with Crippen LogP contribution in [-0.4, -0.2) is 41.4 Å². The van der Waals surface area contributed by atoms with Crippen molar-refractivity contribution < 1.29 is 27.7 Å². The maximum atomic E-state index is 2.57. The monoisotopic (exact) mass is 1830 g/mol. The minimum atomic E-state index is -0.649. The number of rotatable bonds is 3. The Morgan fingerprint density at radius 3 is 0.910 bits per heavy atom. The standard InChI is InChI=1S/3C43H25N5/c1-2-10-27-23-28(19-18-26(27)9-1)29-24-45-36-21-20-32-30-11-3-5-14-34(30)47-37-16-7-17-38-39(37)43(46(45)25-29,40(36)41(32)47)44-22-8-13-33-31-12-4-6-15-35(31)48(38)42(33)44;1-2-10-27-23-28(19-18-26(27)9-1)29-24-45-36-16-7-17-37-39(36)43(46(45)25-29)40-38(21-20-32-30-11-3-5-14-34(30)47(37)41(32)40)48-35-15-6-4-12-31(35)33-13-8-22-44(43)42(33)48;1-2-11-27-22-28(20-19-26(27)10-1)29-24-45-36-16-9-17-37-39(36)43(46(45)25-29)40-41-32(30-12-3-5-14-34(30)47(37)41)23-33-31-13-4-6-15-35(31)48(42(33)40)38-18-7-8-21-44(38)43/h3*1-25H/q3*+2. The van der Waals surface area contributed by atoms with Crippen LogP contribution in [0.4, 0.5) is 0 Å². The Bertz CT molecular complexity index is 11200. The van der Waals surface area contributed by atoms with Crippen molar-refractivity contribution in [2.75, 3.05) is 0 Å². The first-order valence-electron chi connectivity index (χ1n) is 49.9. The first-order chi connectivity index (χ1) is 71.5. The highest BCUT2D eigenvalue weighted by atomic mass is 15.6. The van der Waals surface area contributed by atoms with E-state index in [1.807, 2.05) is 0 Å². The third kappa shape index (κ3) is 8.22. The summed E-state index contributed by atoms with van der Waals surface area (Å²) in [4.78, 5) is 0. The summed E-state index contributed by atoms with van der Waals surface area (Å²) in [6.45, 7) is 0. The van der Waals surface area contributed by atoms with Crippen LogP contribution in [0.15, 0.2) is 456 Å². The molecule has 9 aliphatic heterocycles. The second-order valence-corrected chi connectivity index (χ2v) is 40.5. The molecular formula is C129H75N15+6. The number of hydrogen-bond acceptors (Lipinski definition) is 0. The number of pyridine rings is 3. The largest absolute Gasteiger partial charge is 0.394 e. The minimum Gasteiger partial charge on any atom is -0.307 e. The van der Waals surface area contributed by atoms with Crippen molar-refractivity contribution in [3.05, 3.63) is 490 Å². The van der Waals surface area contributed by atoms with Crippen molar-refractivity contribution in [1.29, 1.82) is 0 Å². The zero-order chi connectivity index (χ0) is 92.6. The molecule has 39 rings (SSSR count). The maximum Gasteiger partial charge on any atom is 0.394 e. The first-order valence-corrected chi connectivity index (χ1v) is 49.9. The average molecular weight is 1840 g/mol. The van der Waals surface area contributed by atoms with Gasteiger partial charge in [-0.1, -0.05) is 239 Å². The Kier molecular flexibility index (Phi) is 12.9. The molecule has 9 aliphatic rings. The predicted octanol–water partition coefficient (Wildman–Crippen LogP) is 24.9. The number of aromatic nitrogens is 15. The van der Waals surface area contributed by atoms with Gasteiger partial charge in [0.25, 0.3) is 5.82 Å². The van der Waals surface area contributed by atoms with Gasteiger partial charge >= 0.3 is 28.3 Å². The van der Waals surface area contributed by atoms with Gasteiger partial charge in [-0.15, -0.1) is 14.0 Å². The van der Waals surface area contributed by atoms with Crippen LogP contribution in [0.1, 0.15) is 33.4 Å². The van der Waals surface area contributed by atoms with Crippen LogP contribution in [0.3, 0.4) is 0 Å². The molecule has 0 bridgehead atoms. The van der Waals surface area contributed by atoms with Gasteiger partial charge in [0, 0.05) is 59.9 Å². The third-order valence-corrected chi connectivity index (χ3v) is 34.2. The molecule has 30 aromatic rings. The van der Waals surface area contributed by atoms with Crippen molar-refractivity contribution in [2.45, 2.75) is 17.0 Å². The SMILES string of the molecule is c1cc2c3c(c1)-n1c4ccccc4c4ccc[n+](c41)C31c3c(ccc4c5ccccc5n-2c34)-n2cc(-c3ccc4ccccc4c3)c[n+]21.c1cc2c3c(c1)-n1cc(-c4ccc5ccccc5c4)c[n+]1C31c3c(ccc4c5ccccc5n-2c34)-n2c3ccccc3c3ccc[n+]1c32.c1cc2c3c(c1)-n1cc(-c4ccc5ccccc5c4)c[n+]1C31c3c4c(cc5c6ccccc6n(c35)-c3cccc[n+]31)c1ccccc1n4-2. The van der Waals surface area contributed by atoms with Crippen molar-refractivity contribution in [1.82, 2.24) is 41.4 Å². The molecule has 0 fully saturated rings. The summed E-state index contributed by atoms with van der Waals surface area (Å²) < 4.78 is 37.6. The van der Waals surface area contributed by atoms with Gasteiger partial charge in [0.2, 0.25) is 18.6 Å². The lowest BCUT2D eigenvalue weighted by molar-refractivity contribution is -0.993. The van der Waals surface area contributed by atoms with Gasteiger partial charge in [-0.05, 0) is 219 Å². The highest BCUT2D eigenvalue weighted by molar-refractivity contribution is 6.23. The molecule has 18 aromatic carbocycles. The zero-order valence-electron chi connectivity index (χ0n) is 77.0. The molecule has 0 amide bonds. The van der Waals surface area contributed by atoms with E-state index in [0.717, 1.165) is 5.82 Å². The Hall–Kier alpha value is -19.4. The lowest BCUT2D eigenvalue weighted by Crippen LogP contribution is -2.76. The molecule has 0 radical (unpaired) electrons. The summed E-state index contributed by atoms with van der Waals surface area (Å²) in [6, 6.07) is 148. The minimum absolute atomic E-state index is 0.649. The fraction of sp³-hybridized carbons (Fsp3) is 0.0233. The van der Waals surface area contributed by atoms with Gasteiger partial charge < -0.3 is 13.7 Å². The summed E-state index contributed by atoms with van der Waals surface area (Å²) in [7, 11) is 0. The van der Waals surface area contributed by atoms with Crippen LogP contribution in [-0.2, 0) is 17.0 Å². The number of benzene rings is 18. The van der Waals surface area contributed by atoms with Gasteiger partial charge in [-0.3, -0.25) is 0 Å². The van der Waals surface area contributed by atoms with Gasteiger partial charge in [0.1, 0.15) is 67.0 Å². The number of para-hydroxylation sites is 6. The molecule has 0 aliphatic carbocycles. The molecule has 3 unspecified atom stereocenters. The van der Waals surface area contributed by atoms with E-state index in [1.54, 1.807) is 0 Å². The second kappa shape index (κ2) is 25.2. The summed E-state index contributed by atoms with van der Waals surface area (Å²) >= 11 is 0. The maximum absolute atomic E-state index is 2.57. The number of nitrogens with zero attached hydrogens (tertiary/aromatic N) is 15. The van der Waals surface area contributed by atoms with Gasteiger partial charge in [-0.25, -0.2) is 0 Å². The lowest BCUT2D eigenvalue weighted by atomic mass is 9.82. The summed E-state index contributed by atoms with van der Waals surface area (Å²) in [5.74, 6) is 1.16. The van der Waals surface area contributed by atoms with E-state index in [4.69, 9.17) is 0 Å². The molecule has 15 nitrogen and oxygen atoms in total. The van der Waals surface area contributed by atoms with Crippen molar-refractivity contribution >= 4 is 163 Å². The normalized spacial score (nSPS) is 16.4. The van der Waals surface area contributed by atoms with Crippen molar-refractivity contribution in [2.24, 2.45) is 0 Å². The molecule has 21 heterocycles. The first kappa shape index (κ1) is 73.8. The molecule has 660 valence electrons. The van der Waals surface area contributed by atoms with E-state index < -0.39 is 17.0 Å². The molecule has 3 spiro atoms. The van der Waals surface area contributed by atoms with Gasteiger partial charge in [0.15, 0.2) is 16.9 Å². The molecule has 0 saturated carbocycles. The molecular weight excluding hydrogens is 1760 g/mol. The van der Waals surface area contributed by atoms with Crippen LogP contribution in [0.5, 0.6) is 0 Å². The fourth-order valence-corrected chi connectivity index (χ4v) is 28.9. The van der Waals surface area contributed by atoms with Crippen LogP contribution in [0.2, 0.25) is 0 Å². The van der Waals surface area contributed by atoms with E-state index in [0.29, 0.717) is 0 Å². The highest BCUT2D eigenvalue weighted by Crippen LogP contribution is 2.60. The zero-order valence-corrected chi connectivity index (χ0v) is 77.0. The third-order valence-electron chi connectivity index (χ3n) is 34.2. The van der Waals surface area contributed by atoms with Crippen LogP contribution in [0, 0.1) is 0 Å². The van der Waals surface area contributed by atoms with Crippen LogP contribution < -0.4 is 27.7 Å². The topological polar surface area (TPSA) is 67.7 Å². The molecule has 12 aromatic heterocycles. The van der Waals surface area contributed by atoms with E-state index in [-0.39, 0.29) is 0 Å². The Labute approximate surface area is 818 Å². The highest BCUT2D eigenvalue weighted by Gasteiger charge is 2.72. The summed E-state index contributed by atoms with van der Waals surface area (Å²) in [6.07, 6.45) is 21.1. The molecule has 15 heteroatoms. The Balaban J connectivity index is 0.0000000888. The van der Waals surface area contributed by atoms with Gasteiger partial charge in [-0.2, -0.15) is 27.4 Å². The smallest absolute Gasteiger partial charge is 0.307 e. The van der Waals surface area contributed by atoms with E-state index in [1.165, 1.54) is 276 Å². The predicted molar refractivity (Wildman–Crippen MR) is 568 cm³/mol. The Morgan fingerprint density at radius 1 is 0.174 bits per heavy atom. The summed E-state index contributed by atoms with van der Waals surface area (Å²) in [5, 5.41) is 22.9. The Morgan fingerprint density at radius 2 is 0.472 bits per heavy atom. The van der Waals surface area contributed by atoms with Crippen molar-refractivity contribution in [3.8, 4) is 84.7 Å². The second-order valence-electron chi connectivity index (χ2n) is 40.5. The van der Waals surface area contributed by atoms with E-state index in [9.17, 15) is 0 Å². The van der Waals surface area contributed by atoms with Gasteiger partial charge in [0.05, 0.1) is 115 Å². The van der Waals surface area contributed by atoms with Crippen molar-refractivity contribution in [3.63, 3.8) is 0 Å². The van der Waals surface area contributed by atoms with E-state index in [2.05, 4.69) is 525 Å². The molecule has 144 heavy (non-hydrogen) atoms. The number of fused-ring (bicyclic) bond motifs is 34. The van der Waals surface area contributed by atoms with Crippen LogP contribution in [0.25, 0.3) is 248 Å². The quantitative estimate of drug-likeness (QED) is 0.158. The average Bonchev–Trinajstić information content (AvgIpc) is 1.47.